The molecule has 1 aromatic heterocycles. The molecule has 130 valence electrons. The molecule has 1 aromatic carbocycles. The molecule has 4 nitrogen and oxygen atoms in total. The van der Waals surface area contributed by atoms with Crippen molar-refractivity contribution in [3.8, 4) is 0 Å². The van der Waals surface area contributed by atoms with Crippen LogP contribution in [-0.4, -0.2) is 34.7 Å². The van der Waals surface area contributed by atoms with E-state index in [4.69, 9.17) is 4.74 Å². The van der Waals surface area contributed by atoms with E-state index < -0.39 is 0 Å². The van der Waals surface area contributed by atoms with Gasteiger partial charge in [0.15, 0.2) is 0 Å². The molecule has 2 aromatic rings. The number of rotatable bonds is 3. The summed E-state index contributed by atoms with van der Waals surface area (Å²) in [5, 5.41) is 2.43. The van der Waals surface area contributed by atoms with Crippen LogP contribution in [0.4, 0.5) is 0 Å². The van der Waals surface area contributed by atoms with Gasteiger partial charge in [0.05, 0.1) is 23.3 Å². The maximum Gasteiger partial charge on any atom is 0.339 e. The van der Waals surface area contributed by atoms with E-state index in [1.54, 1.807) is 0 Å². The summed E-state index contributed by atoms with van der Waals surface area (Å²) >= 11 is 3.97. The number of aromatic nitrogens is 1. The number of benzene rings is 1. The Morgan fingerprint density at radius 1 is 1.24 bits per heavy atom. The van der Waals surface area contributed by atoms with Crippen molar-refractivity contribution in [2.75, 3.05) is 19.2 Å². The number of esters is 1. The molecule has 0 amide bonds. The number of fused-ring (bicyclic) bond motifs is 1. The van der Waals surface area contributed by atoms with Crippen LogP contribution in [0.25, 0.3) is 10.9 Å². The number of ether oxygens (including phenoxy) is 1. The minimum atomic E-state index is -0.301. The number of carbonyl (C=O) groups is 1. The average molecular weight is 373 g/mol. The SMILES string of the molecule is COC(=O)C1=CN(C)C(c2c(C3SCS3)n(C)c3ccccc23)C=C1. The second-order valence-corrected chi connectivity index (χ2v) is 9.05. The standard InChI is InChI=1S/C19H20N2O2S2/c1-20-10-12(18(22)23-3)8-9-15(20)16-13-6-4-5-7-14(13)21(2)17(16)19-24-11-25-19/h4-10,15,19H,11H2,1-3H3. The minimum absolute atomic E-state index is 0.108. The summed E-state index contributed by atoms with van der Waals surface area (Å²) in [5.41, 5.74) is 4.54. The van der Waals surface area contributed by atoms with Crippen molar-refractivity contribution >= 4 is 40.4 Å². The molecule has 1 fully saturated rings. The summed E-state index contributed by atoms with van der Waals surface area (Å²) < 4.78 is 7.65. The molecule has 0 bridgehead atoms. The van der Waals surface area contributed by atoms with Gasteiger partial charge in [0.1, 0.15) is 0 Å². The third-order valence-electron chi connectivity index (χ3n) is 4.81. The van der Waals surface area contributed by atoms with Crippen molar-refractivity contribution in [2.24, 2.45) is 7.05 Å². The highest BCUT2D eigenvalue weighted by Crippen LogP contribution is 2.55. The topological polar surface area (TPSA) is 34.5 Å². The Hall–Kier alpha value is -1.79. The van der Waals surface area contributed by atoms with Gasteiger partial charge in [0, 0.05) is 47.5 Å². The van der Waals surface area contributed by atoms with Gasteiger partial charge in [0.2, 0.25) is 0 Å². The van der Waals surface area contributed by atoms with Crippen molar-refractivity contribution in [3.63, 3.8) is 0 Å². The van der Waals surface area contributed by atoms with E-state index in [9.17, 15) is 4.79 Å². The Balaban J connectivity index is 1.83. The van der Waals surface area contributed by atoms with E-state index in [1.807, 2.05) is 42.8 Å². The van der Waals surface area contributed by atoms with Crippen LogP contribution in [0, 0.1) is 0 Å². The molecule has 1 atom stereocenters. The zero-order valence-electron chi connectivity index (χ0n) is 14.4. The largest absolute Gasteiger partial charge is 0.465 e. The molecule has 0 N–H and O–H groups in total. The van der Waals surface area contributed by atoms with Gasteiger partial charge in [-0.3, -0.25) is 0 Å². The van der Waals surface area contributed by atoms with E-state index in [0.717, 1.165) is 5.08 Å². The lowest BCUT2D eigenvalue weighted by atomic mass is 9.98. The first kappa shape index (κ1) is 16.7. The predicted octanol–water partition coefficient (Wildman–Crippen LogP) is 4.21. The molecule has 4 rings (SSSR count). The van der Waals surface area contributed by atoms with Crippen LogP contribution < -0.4 is 0 Å². The number of carbonyl (C=O) groups excluding carboxylic acids is 1. The van der Waals surface area contributed by atoms with Crippen molar-refractivity contribution in [2.45, 2.75) is 10.6 Å². The number of para-hydroxylation sites is 1. The summed E-state index contributed by atoms with van der Waals surface area (Å²) in [7, 11) is 5.59. The highest BCUT2D eigenvalue weighted by molar-refractivity contribution is 8.31. The number of nitrogens with zero attached hydrogens (tertiary/aromatic N) is 2. The Morgan fingerprint density at radius 3 is 2.64 bits per heavy atom. The van der Waals surface area contributed by atoms with Gasteiger partial charge >= 0.3 is 5.97 Å². The lowest BCUT2D eigenvalue weighted by molar-refractivity contribution is -0.135. The van der Waals surface area contributed by atoms with Crippen LogP contribution in [0.3, 0.4) is 0 Å². The van der Waals surface area contributed by atoms with Crippen molar-refractivity contribution in [1.29, 1.82) is 0 Å². The third-order valence-corrected chi connectivity index (χ3v) is 7.77. The van der Waals surface area contributed by atoms with E-state index in [1.165, 1.54) is 29.3 Å². The van der Waals surface area contributed by atoms with Crippen LogP contribution in [0.5, 0.6) is 0 Å². The van der Waals surface area contributed by atoms with E-state index in [-0.39, 0.29) is 12.0 Å². The maximum atomic E-state index is 11.8. The quantitative estimate of drug-likeness (QED) is 0.754. The average Bonchev–Trinajstić information content (AvgIpc) is 2.86. The molecule has 1 unspecified atom stereocenters. The molecule has 0 spiro atoms. The molecule has 0 saturated carbocycles. The molecule has 2 aliphatic heterocycles. The summed E-state index contributed by atoms with van der Waals surface area (Å²) in [6.07, 6.45) is 5.86. The number of hydrogen-bond donors (Lipinski definition) is 0. The summed E-state index contributed by atoms with van der Waals surface area (Å²) in [6, 6.07) is 8.67. The Labute approximate surface area is 155 Å². The molecular formula is C19H20N2O2S2. The van der Waals surface area contributed by atoms with Crippen LogP contribution in [0.2, 0.25) is 0 Å². The van der Waals surface area contributed by atoms with E-state index >= 15 is 0 Å². The molecule has 6 heteroatoms. The second kappa shape index (κ2) is 6.50. The normalized spacial score (nSPS) is 20.5. The van der Waals surface area contributed by atoms with E-state index in [0.29, 0.717) is 10.2 Å². The van der Waals surface area contributed by atoms with Gasteiger partial charge in [-0.05, 0) is 12.1 Å². The Bertz CT molecular complexity index is 896. The second-order valence-electron chi connectivity index (χ2n) is 6.20. The van der Waals surface area contributed by atoms with E-state index in [2.05, 4.69) is 46.9 Å². The third kappa shape index (κ3) is 2.68. The number of methoxy groups -OCH3 is 1. The lowest BCUT2D eigenvalue weighted by Gasteiger charge is -2.32. The fourth-order valence-corrected chi connectivity index (χ4v) is 5.52. The smallest absolute Gasteiger partial charge is 0.339 e. The number of aryl methyl sites for hydroxylation is 1. The first-order valence-electron chi connectivity index (χ1n) is 8.12. The zero-order chi connectivity index (χ0) is 17.6. The van der Waals surface area contributed by atoms with Gasteiger partial charge in [0.25, 0.3) is 0 Å². The summed E-state index contributed by atoms with van der Waals surface area (Å²) in [4.78, 5) is 13.9. The van der Waals surface area contributed by atoms with Crippen molar-refractivity contribution < 1.29 is 9.53 Å². The number of likely N-dealkylation sites (N-methyl/N-ethyl adjacent to an activating group) is 1. The Kier molecular flexibility index (Phi) is 4.33. The molecule has 2 aliphatic rings. The highest BCUT2D eigenvalue weighted by atomic mass is 32.3. The van der Waals surface area contributed by atoms with Gasteiger partial charge in [-0.2, -0.15) is 0 Å². The summed E-state index contributed by atoms with van der Waals surface area (Å²) in [5.74, 6) is -0.301. The first-order chi connectivity index (χ1) is 12.1. The zero-order valence-corrected chi connectivity index (χ0v) is 16.1. The molecule has 3 heterocycles. The van der Waals surface area contributed by atoms with Crippen LogP contribution in [-0.2, 0) is 16.6 Å². The highest BCUT2D eigenvalue weighted by Gasteiger charge is 2.33. The fourth-order valence-electron chi connectivity index (χ4n) is 3.54. The fraction of sp³-hybridized carbons (Fsp3) is 0.316. The first-order valence-corrected chi connectivity index (χ1v) is 10.2. The molecule has 0 radical (unpaired) electrons. The van der Waals surface area contributed by atoms with Crippen LogP contribution in [0.15, 0.2) is 48.2 Å². The predicted molar refractivity (Wildman–Crippen MR) is 105 cm³/mol. The maximum absolute atomic E-state index is 11.8. The van der Waals surface area contributed by atoms with Crippen molar-refractivity contribution in [3.05, 3.63) is 59.4 Å². The molecule has 25 heavy (non-hydrogen) atoms. The van der Waals surface area contributed by atoms with Gasteiger partial charge in [-0.1, -0.05) is 24.3 Å². The lowest BCUT2D eigenvalue weighted by Crippen LogP contribution is -2.24. The van der Waals surface area contributed by atoms with Gasteiger partial charge < -0.3 is 14.2 Å². The summed E-state index contributed by atoms with van der Waals surface area (Å²) in [6.45, 7) is 0. The van der Waals surface area contributed by atoms with Crippen molar-refractivity contribution in [1.82, 2.24) is 9.47 Å². The number of hydrogen-bond acceptors (Lipinski definition) is 5. The molecule has 1 saturated heterocycles. The Morgan fingerprint density at radius 2 is 2.00 bits per heavy atom. The van der Waals surface area contributed by atoms with Crippen LogP contribution >= 0.6 is 23.5 Å². The minimum Gasteiger partial charge on any atom is -0.465 e. The monoisotopic (exact) mass is 372 g/mol. The molecular weight excluding hydrogens is 352 g/mol. The molecule has 0 aliphatic carbocycles. The van der Waals surface area contributed by atoms with Gasteiger partial charge in [-0.25, -0.2) is 4.79 Å². The van der Waals surface area contributed by atoms with Gasteiger partial charge in [-0.15, -0.1) is 23.5 Å². The van der Waals surface area contributed by atoms with Crippen LogP contribution in [0.1, 0.15) is 21.9 Å². The number of thioether (sulfide) groups is 2.